The number of rotatable bonds is 3. The van der Waals surface area contributed by atoms with Crippen molar-refractivity contribution in [3.05, 3.63) is 29.6 Å². The number of carbonyl (C=O) groups excluding carboxylic acids is 1. The van der Waals surface area contributed by atoms with Crippen LogP contribution in [0.15, 0.2) is 18.2 Å². The maximum Gasteiger partial charge on any atom is 0.408 e. The van der Waals surface area contributed by atoms with Crippen molar-refractivity contribution >= 4 is 6.09 Å². The van der Waals surface area contributed by atoms with Gasteiger partial charge in [-0.3, -0.25) is 4.98 Å². The number of alkyl carbamates (subject to hydrolysis) is 1. The SMILES string of the molecule is Cc1cccc(C(CN)NC(=O)OC(C)(C)C)n1. The number of pyridine rings is 1. The summed E-state index contributed by atoms with van der Waals surface area (Å²) < 4.78 is 5.19. The van der Waals surface area contributed by atoms with Crippen molar-refractivity contribution in [3.8, 4) is 0 Å². The van der Waals surface area contributed by atoms with Gasteiger partial charge in [0.05, 0.1) is 11.7 Å². The number of hydrogen-bond acceptors (Lipinski definition) is 4. The molecule has 1 amide bonds. The number of nitrogens with one attached hydrogen (secondary N) is 1. The van der Waals surface area contributed by atoms with Gasteiger partial charge in [-0.25, -0.2) is 4.79 Å². The highest BCUT2D eigenvalue weighted by Gasteiger charge is 2.20. The van der Waals surface area contributed by atoms with Crippen LogP contribution in [0.3, 0.4) is 0 Å². The second-order valence-electron chi connectivity index (χ2n) is 5.14. The number of amides is 1. The van der Waals surface area contributed by atoms with Crippen LogP contribution in [0.5, 0.6) is 0 Å². The first-order valence-corrected chi connectivity index (χ1v) is 5.95. The minimum atomic E-state index is -0.525. The van der Waals surface area contributed by atoms with E-state index in [9.17, 15) is 4.79 Å². The number of nitrogens with zero attached hydrogens (tertiary/aromatic N) is 1. The van der Waals surface area contributed by atoms with Gasteiger partial charge in [-0.2, -0.15) is 0 Å². The van der Waals surface area contributed by atoms with Crippen LogP contribution in [0, 0.1) is 6.92 Å². The van der Waals surface area contributed by atoms with Gasteiger partial charge in [-0.05, 0) is 39.8 Å². The summed E-state index contributed by atoms with van der Waals surface area (Å²) in [6.45, 7) is 7.61. The van der Waals surface area contributed by atoms with Crippen LogP contribution in [0.2, 0.25) is 0 Å². The van der Waals surface area contributed by atoms with Gasteiger partial charge in [0.2, 0.25) is 0 Å². The second kappa shape index (κ2) is 5.82. The number of ether oxygens (including phenoxy) is 1. The summed E-state index contributed by atoms with van der Waals surface area (Å²) in [4.78, 5) is 16.0. The van der Waals surface area contributed by atoms with Gasteiger partial charge in [0, 0.05) is 12.2 Å². The van der Waals surface area contributed by atoms with Crippen LogP contribution in [0.25, 0.3) is 0 Å². The lowest BCUT2D eigenvalue weighted by Gasteiger charge is -2.22. The van der Waals surface area contributed by atoms with Gasteiger partial charge in [0.25, 0.3) is 0 Å². The fourth-order valence-corrected chi connectivity index (χ4v) is 1.46. The van der Waals surface area contributed by atoms with Crippen LogP contribution in [-0.4, -0.2) is 23.2 Å². The lowest BCUT2D eigenvalue weighted by atomic mass is 10.2. The lowest BCUT2D eigenvalue weighted by Crippen LogP contribution is -2.38. The summed E-state index contributed by atoms with van der Waals surface area (Å²) in [7, 11) is 0. The first-order chi connectivity index (χ1) is 8.31. The van der Waals surface area contributed by atoms with Crippen molar-refractivity contribution in [1.29, 1.82) is 0 Å². The Morgan fingerprint density at radius 1 is 1.50 bits per heavy atom. The van der Waals surface area contributed by atoms with Crippen LogP contribution in [-0.2, 0) is 4.74 Å². The Morgan fingerprint density at radius 2 is 2.17 bits per heavy atom. The van der Waals surface area contributed by atoms with E-state index >= 15 is 0 Å². The Hall–Kier alpha value is -1.62. The van der Waals surface area contributed by atoms with E-state index in [2.05, 4.69) is 10.3 Å². The van der Waals surface area contributed by atoms with Gasteiger partial charge < -0.3 is 15.8 Å². The minimum Gasteiger partial charge on any atom is -0.444 e. The second-order valence-corrected chi connectivity index (χ2v) is 5.14. The number of hydrogen-bond donors (Lipinski definition) is 2. The van der Waals surface area contributed by atoms with Crippen molar-refractivity contribution in [2.75, 3.05) is 6.54 Å². The predicted octanol–water partition coefficient (Wildman–Crippen LogP) is 1.91. The largest absolute Gasteiger partial charge is 0.444 e. The molecular formula is C13H21N3O2. The quantitative estimate of drug-likeness (QED) is 0.860. The molecule has 18 heavy (non-hydrogen) atoms. The summed E-state index contributed by atoms with van der Waals surface area (Å²) in [5.74, 6) is 0. The van der Waals surface area contributed by atoms with E-state index in [1.165, 1.54) is 0 Å². The molecule has 1 heterocycles. The Kier molecular flexibility index (Phi) is 4.67. The minimum absolute atomic E-state index is 0.274. The summed E-state index contributed by atoms with van der Waals surface area (Å²) in [5.41, 5.74) is 6.76. The predicted molar refractivity (Wildman–Crippen MR) is 70.1 cm³/mol. The van der Waals surface area contributed by atoms with Gasteiger partial charge in [-0.1, -0.05) is 6.07 Å². The number of aromatic nitrogens is 1. The molecule has 1 rings (SSSR count). The fourth-order valence-electron chi connectivity index (χ4n) is 1.46. The van der Waals surface area contributed by atoms with E-state index < -0.39 is 11.7 Å². The zero-order valence-corrected chi connectivity index (χ0v) is 11.4. The molecule has 0 bridgehead atoms. The van der Waals surface area contributed by atoms with Crippen molar-refractivity contribution in [2.24, 2.45) is 5.73 Å². The molecular weight excluding hydrogens is 230 g/mol. The highest BCUT2D eigenvalue weighted by Crippen LogP contribution is 2.12. The zero-order valence-electron chi connectivity index (χ0n) is 11.4. The average molecular weight is 251 g/mol. The third-order valence-corrected chi connectivity index (χ3v) is 2.19. The molecule has 0 saturated heterocycles. The van der Waals surface area contributed by atoms with Crippen molar-refractivity contribution < 1.29 is 9.53 Å². The average Bonchev–Trinajstić information content (AvgIpc) is 2.23. The molecule has 100 valence electrons. The molecule has 0 aliphatic heterocycles. The Morgan fingerprint density at radius 3 is 2.67 bits per heavy atom. The maximum absolute atomic E-state index is 11.7. The van der Waals surface area contributed by atoms with Crippen LogP contribution in [0.1, 0.15) is 38.2 Å². The molecule has 0 aliphatic rings. The number of nitrogens with two attached hydrogens (primary N) is 1. The Balaban J connectivity index is 2.71. The van der Waals surface area contributed by atoms with Crippen LogP contribution < -0.4 is 11.1 Å². The molecule has 5 nitrogen and oxygen atoms in total. The van der Waals surface area contributed by atoms with E-state index in [0.29, 0.717) is 0 Å². The summed E-state index contributed by atoms with van der Waals surface area (Å²) in [5, 5.41) is 2.72. The smallest absolute Gasteiger partial charge is 0.408 e. The molecule has 0 aliphatic carbocycles. The first kappa shape index (κ1) is 14.4. The Labute approximate surface area is 108 Å². The molecule has 0 fully saturated rings. The first-order valence-electron chi connectivity index (χ1n) is 5.95. The van der Waals surface area contributed by atoms with Gasteiger partial charge in [-0.15, -0.1) is 0 Å². The molecule has 1 unspecified atom stereocenters. The van der Waals surface area contributed by atoms with E-state index in [-0.39, 0.29) is 12.6 Å². The van der Waals surface area contributed by atoms with Crippen LogP contribution >= 0.6 is 0 Å². The molecule has 0 radical (unpaired) electrons. The molecule has 0 spiro atoms. The van der Waals surface area contributed by atoms with E-state index in [0.717, 1.165) is 11.4 Å². The number of aryl methyl sites for hydroxylation is 1. The zero-order chi connectivity index (χ0) is 13.8. The highest BCUT2D eigenvalue weighted by molar-refractivity contribution is 5.68. The standard InChI is InChI=1S/C13H21N3O2/c1-9-6-5-7-10(15-9)11(8-14)16-12(17)18-13(2,3)4/h5-7,11H,8,14H2,1-4H3,(H,16,17). The van der Waals surface area contributed by atoms with Crippen molar-refractivity contribution in [3.63, 3.8) is 0 Å². The highest BCUT2D eigenvalue weighted by atomic mass is 16.6. The van der Waals surface area contributed by atoms with Gasteiger partial charge >= 0.3 is 6.09 Å². The molecule has 1 atom stereocenters. The molecule has 1 aromatic rings. The number of carbonyl (C=O) groups is 1. The van der Waals surface area contributed by atoms with Gasteiger partial charge in [0.15, 0.2) is 0 Å². The molecule has 0 aromatic carbocycles. The molecule has 1 aromatic heterocycles. The van der Waals surface area contributed by atoms with Crippen molar-refractivity contribution in [1.82, 2.24) is 10.3 Å². The molecule has 0 saturated carbocycles. The van der Waals surface area contributed by atoms with E-state index in [1.54, 1.807) is 0 Å². The van der Waals surface area contributed by atoms with Gasteiger partial charge in [0.1, 0.15) is 5.60 Å². The third-order valence-electron chi connectivity index (χ3n) is 2.19. The van der Waals surface area contributed by atoms with E-state index in [1.807, 2.05) is 45.9 Å². The molecule has 5 heteroatoms. The van der Waals surface area contributed by atoms with Crippen molar-refractivity contribution in [2.45, 2.75) is 39.3 Å². The topological polar surface area (TPSA) is 77.2 Å². The monoisotopic (exact) mass is 251 g/mol. The van der Waals surface area contributed by atoms with Crippen LogP contribution in [0.4, 0.5) is 4.79 Å². The maximum atomic E-state index is 11.7. The lowest BCUT2D eigenvalue weighted by molar-refractivity contribution is 0.0504. The molecule has 3 N–H and O–H groups in total. The van der Waals surface area contributed by atoms with E-state index in [4.69, 9.17) is 10.5 Å². The summed E-state index contributed by atoms with van der Waals surface area (Å²) in [6, 6.07) is 5.28. The normalized spacial score (nSPS) is 12.9. The fraction of sp³-hybridized carbons (Fsp3) is 0.538. The summed E-state index contributed by atoms with van der Waals surface area (Å²) in [6.07, 6.45) is -0.485. The Bertz CT molecular complexity index is 413. The summed E-state index contributed by atoms with van der Waals surface area (Å²) >= 11 is 0. The third kappa shape index (κ3) is 4.71.